The van der Waals surface area contributed by atoms with Gasteiger partial charge < -0.3 is 4.57 Å². The Balaban J connectivity index is 3.03. The van der Waals surface area contributed by atoms with Gasteiger partial charge in [-0.15, -0.1) is 0 Å². The normalized spacial score (nSPS) is 14.1. The van der Waals surface area contributed by atoms with Gasteiger partial charge in [-0.25, -0.2) is 9.97 Å². The summed E-state index contributed by atoms with van der Waals surface area (Å²) in [4.78, 5) is 9.59. The van der Waals surface area contributed by atoms with Crippen molar-refractivity contribution in [1.29, 1.82) is 0 Å². The first-order chi connectivity index (χ1) is 10.2. The second-order valence-electron chi connectivity index (χ2n) is 4.72. The van der Waals surface area contributed by atoms with Crippen molar-refractivity contribution in [1.82, 2.24) is 14.5 Å². The minimum atomic E-state index is 0.884. The SMILES string of the molecule is C=C/C=c1\c(=C/C)n(C)c2nc(/C=C\C)c(/C=C\C)nc12. The first kappa shape index (κ1) is 15.0. The van der Waals surface area contributed by atoms with Gasteiger partial charge in [0.05, 0.1) is 11.4 Å². The fourth-order valence-electron chi connectivity index (χ4n) is 2.48. The highest BCUT2D eigenvalue weighted by molar-refractivity contribution is 5.78. The molecule has 0 saturated heterocycles. The van der Waals surface area contributed by atoms with Crippen LogP contribution in [0.15, 0.2) is 24.8 Å². The van der Waals surface area contributed by atoms with E-state index in [1.165, 1.54) is 0 Å². The summed E-state index contributed by atoms with van der Waals surface area (Å²) < 4.78 is 2.07. The molecule has 0 aliphatic carbocycles. The van der Waals surface area contributed by atoms with Gasteiger partial charge in [-0.1, -0.05) is 37.0 Å². The second kappa shape index (κ2) is 6.35. The molecule has 0 aromatic carbocycles. The molecule has 2 rings (SSSR count). The lowest BCUT2D eigenvalue weighted by Gasteiger charge is -2.02. The lowest BCUT2D eigenvalue weighted by Crippen LogP contribution is -2.27. The molecule has 0 amide bonds. The summed E-state index contributed by atoms with van der Waals surface area (Å²) in [6.45, 7) is 9.79. The van der Waals surface area contributed by atoms with Gasteiger partial charge in [0, 0.05) is 17.6 Å². The first-order valence-electron chi connectivity index (χ1n) is 7.08. The third-order valence-corrected chi connectivity index (χ3v) is 3.35. The van der Waals surface area contributed by atoms with Crippen LogP contribution in [-0.4, -0.2) is 14.5 Å². The number of hydrogen-bond acceptors (Lipinski definition) is 2. The van der Waals surface area contributed by atoms with Crippen LogP contribution in [0.5, 0.6) is 0 Å². The topological polar surface area (TPSA) is 30.7 Å². The van der Waals surface area contributed by atoms with Gasteiger partial charge in [0.25, 0.3) is 0 Å². The van der Waals surface area contributed by atoms with Crippen LogP contribution in [0.4, 0.5) is 0 Å². The quantitative estimate of drug-likeness (QED) is 0.865. The number of fused-ring (bicyclic) bond motifs is 1. The standard InChI is InChI=1S/C18H21N3/c1-6-10-13-16(9-4)21(5)18-17(13)19-14(11-7-2)15(20-18)12-8-3/h6-12H,1H2,2-5H3/b11-7-,12-8-,13-10+,16-9+. The second-order valence-corrected chi connectivity index (χ2v) is 4.72. The van der Waals surface area contributed by atoms with E-state index in [-0.39, 0.29) is 0 Å². The van der Waals surface area contributed by atoms with Crippen LogP contribution in [-0.2, 0) is 7.05 Å². The Kier molecular flexibility index (Phi) is 4.53. The Morgan fingerprint density at radius 1 is 1.00 bits per heavy atom. The van der Waals surface area contributed by atoms with Gasteiger partial charge in [0.15, 0.2) is 5.65 Å². The maximum absolute atomic E-state index is 4.81. The zero-order valence-electron chi connectivity index (χ0n) is 13.1. The van der Waals surface area contributed by atoms with Gasteiger partial charge >= 0.3 is 0 Å². The van der Waals surface area contributed by atoms with Gasteiger partial charge in [0.1, 0.15) is 5.52 Å². The number of rotatable bonds is 3. The van der Waals surface area contributed by atoms with Gasteiger partial charge in [-0.05, 0) is 32.9 Å². The van der Waals surface area contributed by atoms with E-state index in [9.17, 15) is 0 Å². The van der Waals surface area contributed by atoms with Crippen LogP contribution in [0.25, 0.3) is 35.5 Å². The van der Waals surface area contributed by atoms with E-state index < -0.39 is 0 Å². The highest BCUT2D eigenvalue weighted by atomic mass is 15.0. The summed E-state index contributed by atoms with van der Waals surface area (Å²) in [5.74, 6) is 0. The Hall–Kier alpha value is -2.42. The molecule has 0 aliphatic rings. The van der Waals surface area contributed by atoms with E-state index in [0.717, 1.165) is 33.1 Å². The van der Waals surface area contributed by atoms with Crippen molar-refractivity contribution >= 4 is 35.5 Å². The third-order valence-electron chi connectivity index (χ3n) is 3.35. The molecule has 0 aliphatic heterocycles. The van der Waals surface area contributed by atoms with Crippen LogP contribution in [0.3, 0.4) is 0 Å². The molecule has 21 heavy (non-hydrogen) atoms. The Labute approximate surface area is 125 Å². The molecule has 0 fully saturated rings. The van der Waals surface area contributed by atoms with Crippen molar-refractivity contribution in [2.45, 2.75) is 20.8 Å². The van der Waals surface area contributed by atoms with Crippen molar-refractivity contribution < 1.29 is 0 Å². The van der Waals surface area contributed by atoms with E-state index in [0.29, 0.717) is 0 Å². The molecule has 2 aromatic rings. The molecule has 0 spiro atoms. The van der Waals surface area contributed by atoms with Crippen molar-refractivity contribution in [2.75, 3.05) is 0 Å². The van der Waals surface area contributed by atoms with Crippen molar-refractivity contribution in [2.24, 2.45) is 7.05 Å². The minimum absolute atomic E-state index is 0.884. The van der Waals surface area contributed by atoms with Crippen LogP contribution in [0, 0.1) is 0 Å². The maximum atomic E-state index is 4.81. The largest absolute Gasteiger partial charge is 0.327 e. The Morgan fingerprint density at radius 3 is 2.14 bits per heavy atom. The number of aromatic nitrogens is 3. The molecule has 108 valence electrons. The van der Waals surface area contributed by atoms with E-state index >= 15 is 0 Å². The molecule has 0 bridgehead atoms. The smallest absolute Gasteiger partial charge is 0.160 e. The van der Waals surface area contributed by atoms with Crippen molar-refractivity contribution in [3.8, 4) is 0 Å². The molecule has 3 heteroatoms. The zero-order valence-corrected chi connectivity index (χ0v) is 13.1. The van der Waals surface area contributed by atoms with Crippen LogP contribution in [0.2, 0.25) is 0 Å². The van der Waals surface area contributed by atoms with Gasteiger partial charge in [0.2, 0.25) is 0 Å². The molecule has 2 heterocycles. The molecule has 0 saturated carbocycles. The minimum Gasteiger partial charge on any atom is -0.327 e. The zero-order chi connectivity index (χ0) is 15.4. The lowest BCUT2D eigenvalue weighted by molar-refractivity contribution is 0.904. The molecular formula is C18H21N3. The highest BCUT2D eigenvalue weighted by Gasteiger charge is 2.10. The molecule has 0 atom stereocenters. The Bertz CT molecular complexity index is 849. The lowest BCUT2D eigenvalue weighted by atomic mass is 10.2. The van der Waals surface area contributed by atoms with E-state index in [1.54, 1.807) is 6.08 Å². The van der Waals surface area contributed by atoms with Gasteiger partial charge in [-0.2, -0.15) is 0 Å². The van der Waals surface area contributed by atoms with Crippen molar-refractivity contribution in [3.63, 3.8) is 0 Å². The average molecular weight is 279 g/mol. The summed E-state index contributed by atoms with van der Waals surface area (Å²) in [7, 11) is 2.02. The first-order valence-corrected chi connectivity index (χ1v) is 7.08. The Morgan fingerprint density at radius 2 is 1.62 bits per heavy atom. The van der Waals surface area contributed by atoms with Crippen molar-refractivity contribution in [3.05, 3.63) is 46.8 Å². The van der Waals surface area contributed by atoms with Crippen LogP contribution >= 0.6 is 0 Å². The molecule has 2 aromatic heterocycles. The fourth-order valence-corrected chi connectivity index (χ4v) is 2.48. The predicted octanol–water partition coefficient (Wildman–Crippen LogP) is 2.80. The van der Waals surface area contributed by atoms with Gasteiger partial charge in [-0.3, -0.25) is 0 Å². The van der Waals surface area contributed by atoms with Crippen LogP contribution < -0.4 is 10.6 Å². The summed E-state index contributed by atoms with van der Waals surface area (Å²) in [6.07, 6.45) is 13.8. The monoisotopic (exact) mass is 279 g/mol. The van der Waals surface area contributed by atoms with Crippen LogP contribution in [0.1, 0.15) is 32.2 Å². The molecule has 3 nitrogen and oxygen atoms in total. The summed E-state index contributed by atoms with van der Waals surface area (Å²) in [5, 5.41) is 2.17. The van der Waals surface area contributed by atoms with E-state index in [2.05, 4.69) is 17.2 Å². The molecule has 0 unspecified atom stereocenters. The molecule has 0 N–H and O–H groups in total. The average Bonchev–Trinajstić information content (AvgIpc) is 2.72. The maximum Gasteiger partial charge on any atom is 0.160 e. The third kappa shape index (κ3) is 2.59. The summed E-state index contributed by atoms with van der Waals surface area (Å²) in [5.41, 5.74) is 3.57. The number of nitrogens with zero attached hydrogens (tertiary/aromatic N) is 3. The number of hydrogen-bond donors (Lipinski definition) is 0. The fraction of sp³-hybridized carbons (Fsp3) is 0.222. The summed E-state index contributed by atoms with van der Waals surface area (Å²) in [6, 6.07) is 0. The molecule has 0 radical (unpaired) electrons. The number of aryl methyl sites for hydroxylation is 1. The van der Waals surface area contributed by atoms with E-state index in [4.69, 9.17) is 9.97 Å². The molecular weight excluding hydrogens is 258 g/mol. The van der Waals surface area contributed by atoms with E-state index in [1.807, 2.05) is 58.2 Å². The highest BCUT2D eigenvalue weighted by Crippen LogP contribution is 2.12. The number of allylic oxidation sites excluding steroid dienone is 3. The summed E-state index contributed by atoms with van der Waals surface area (Å²) >= 11 is 0. The predicted molar refractivity (Wildman–Crippen MR) is 92.0 cm³/mol.